The first-order valence-electron chi connectivity index (χ1n) is 9.81. The van der Waals surface area contributed by atoms with Crippen molar-refractivity contribution < 1.29 is 9.47 Å². The molecule has 1 fully saturated rings. The van der Waals surface area contributed by atoms with E-state index in [0.29, 0.717) is 0 Å². The maximum Gasteiger partial charge on any atom is 0.157 e. The van der Waals surface area contributed by atoms with E-state index >= 15 is 0 Å². The van der Waals surface area contributed by atoms with Gasteiger partial charge in [-0.05, 0) is 32.1 Å². The molecule has 0 aliphatic carbocycles. The highest BCUT2D eigenvalue weighted by atomic mass is 16.7. The molecule has 1 rings (SSSR count). The van der Waals surface area contributed by atoms with Crippen molar-refractivity contribution in [2.75, 3.05) is 13.2 Å². The molecule has 0 atom stereocenters. The van der Waals surface area contributed by atoms with Gasteiger partial charge in [-0.1, -0.05) is 76.9 Å². The number of hydrogen-bond acceptors (Lipinski definition) is 2. The zero-order valence-corrected chi connectivity index (χ0v) is 14.9. The van der Waals surface area contributed by atoms with E-state index in [1.54, 1.807) is 0 Å². The fraction of sp³-hybridized carbons (Fsp3) is 0.900. The van der Waals surface area contributed by atoms with E-state index in [4.69, 9.17) is 9.47 Å². The highest BCUT2D eigenvalue weighted by molar-refractivity contribution is 4.81. The van der Waals surface area contributed by atoms with E-state index < -0.39 is 0 Å². The average Bonchev–Trinajstić information content (AvgIpc) is 3.04. The topological polar surface area (TPSA) is 18.5 Å². The van der Waals surface area contributed by atoms with Gasteiger partial charge < -0.3 is 9.47 Å². The zero-order chi connectivity index (χ0) is 15.7. The van der Waals surface area contributed by atoms with Crippen LogP contribution in [0.2, 0.25) is 0 Å². The lowest BCUT2D eigenvalue weighted by Gasteiger charge is -2.08. The molecular weight excluding hydrogens is 272 g/mol. The Morgan fingerprint density at radius 1 is 0.682 bits per heavy atom. The van der Waals surface area contributed by atoms with Crippen LogP contribution in [0.15, 0.2) is 12.2 Å². The van der Waals surface area contributed by atoms with Gasteiger partial charge in [0, 0.05) is 0 Å². The van der Waals surface area contributed by atoms with Gasteiger partial charge in [-0.15, -0.1) is 0 Å². The van der Waals surface area contributed by atoms with Crippen molar-refractivity contribution in [3.8, 4) is 0 Å². The second-order valence-electron chi connectivity index (χ2n) is 6.54. The number of allylic oxidation sites excluding steroid dienone is 2. The molecule has 0 aromatic heterocycles. The molecule has 0 unspecified atom stereocenters. The molecular formula is C20H38O2. The molecule has 0 N–H and O–H groups in total. The molecule has 1 saturated heterocycles. The van der Waals surface area contributed by atoms with Crippen LogP contribution in [-0.4, -0.2) is 19.5 Å². The lowest BCUT2D eigenvalue weighted by Crippen LogP contribution is -2.06. The number of unbranched alkanes of at least 4 members (excludes halogenated alkanes) is 11. The van der Waals surface area contributed by atoms with Crippen LogP contribution in [0.4, 0.5) is 0 Å². The molecule has 22 heavy (non-hydrogen) atoms. The van der Waals surface area contributed by atoms with E-state index in [9.17, 15) is 0 Å². The van der Waals surface area contributed by atoms with Crippen molar-refractivity contribution in [3.05, 3.63) is 12.2 Å². The molecule has 0 spiro atoms. The predicted octanol–water partition coefficient (Wildman–Crippen LogP) is 6.40. The highest BCUT2D eigenvalue weighted by Gasteiger charge is 2.14. The molecule has 0 aromatic carbocycles. The Balaban J connectivity index is 1.68. The maximum absolute atomic E-state index is 5.45. The highest BCUT2D eigenvalue weighted by Crippen LogP contribution is 2.15. The fourth-order valence-electron chi connectivity index (χ4n) is 2.94. The van der Waals surface area contributed by atoms with Crippen LogP contribution >= 0.6 is 0 Å². The van der Waals surface area contributed by atoms with Gasteiger partial charge in [0.25, 0.3) is 0 Å². The second-order valence-corrected chi connectivity index (χ2v) is 6.54. The van der Waals surface area contributed by atoms with Crippen LogP contribution < -0.4 is 0 Å². The van der Waals surface area contributed by atoms with Crippen LogP contribution in [0, 0.1) is 0 Å². The number of hydrogen-bond donors (Lipinski definition) is 0. The quantitative estimate of drug-likeness (QED) is 0.257. The first kappa shape index (κ1) is 19.7. The third-order valence-corrected chi connectivity index (χ3v) is 4.39. The Morgan fingerprint density at radius 2 is 1.18 bits per heavy atom. The van der Waals surface area contributed by atoms with Crippen LogP contribution in [0.5, 0.6) is 0 Å². The molecule has 0 radical (unpaired) electrons. The van der Waals surface area contributed by atoms with E-state index in [0.717, 1.165) is 19.6 Å². The summed E-state index contributed by atoms with van der Waals surface area (Å²) < 4.78 is 10.9. The van der Waals surface area contributed by atoms with Gasteiger partial charge in [-0.25, -0.2) is 0 Å². The van der Waals surface area contributed by atoms with Crippen molar-refractivity contribution in [1.82, 2.24) is 0 Å². The molecule has 1 aliphatic heterocycles. The van der Waals surface area contributed by atoms with Crippen LogP contribution in [0.1, 0.15) is 96.8 Å². The maximum atomic E-state index is 5.45. The summed E-state index contributed by atoms with van der Waals surface area (Å²) >= 11 is 0. The molecule has 1 heterocycles. The van der Waals surface area contributed by atoms with Gasteiger partial charge in [-0.3, -0.25) is 0 Å². The Morgan fingerprint density at radius 3 is 1.77 bits per heavy atom. The second kappa shape index (κ2) is 15.6. The molecule has 0 saturated carbocycles. The normalized spacial score (nSPS) is 16.0. The van der Waals surface area contributed by atoms with E-state index in [-0.39, 0.29) is 6.29 Å². The minimum Gasteiger partial charge on any atom is -0.350 e. The van der Waals surface area contributed by atoms with Gasteiger partial charge in [-0.2, -0.15) is 0 Å². The first-order valence-corrected chi connectivity index (χ1v) is 9.81. The summed E-state index contributed by atoms with van der Waals surface area (Å²) in [7, 11) is 0. The van der Waals surface area contributed by atoms with Gasteiger partial charge in [0.2, 0.25) is 0 Å². The van der Waals surface area contributed by atoms with Crippen LogP contribution in [-0.2, 0) is 9.47 Å². The first-order chi connectivity index (χ1) is 10.9. The minimum absolute atomic E-state index is 0.107. The Kier molecular flexibility index (Phi) is 13.9. The van der Waals surface area contributed by atoms with E-state index in [2.05, 4.69) is 19.1 Å². The third kappa shape index (κ3) is 12.2. The zero-order valence-electron chi connectivity index (χ0n) is 14.9. The Hall–Kier alpha value is -0.340. The van der Waals surface area contributed by atoms with Crippen molar-refractivity contribution in [1.29, 1.82) is 0 Å². The SMILES string of the molecule is CCCC/C=C\CCCCCCCCCCCC1OCCO1. The summed E-state index contributed by atoms with van der Waals surface area (Å²) in [5, 5.41) is 0. The summed E-state index contributed by atoms with van der Waals surface area (Å²) in [6.45, 7) is 3.84. The summed E-state index contributed by atoms with van der Waals surface area (Å²) in [6, 6.07) is 0. The van der Waals surface area contributed by atoms with E-state index in [1.807, 2.05) is 0 Å². The summed E-state index contributed by atoms with van der Waals surface area (Å²) in [5.41, 5.74) is 0. The van der Waals surface area contributed by atoms with Crippen molar-refractivity contribution in [2.45, 2.75) is 103 Å². The van der Waals surface area contributed by atoms with Gasteiger partial charge >= 0.3 is 0 Å². The average molecular weight is 311 g/mol. The van der Waals surface area contributed by atoms with E-state index in [1.165, 1.54) is 83.5 Å². The van der Waals surface area contributed by atoms with Crippen molar-refractivity contribution in [3.63, 3.8) is 0 Å². The molecule has 0 aromatic rings. The Labute approximate surface area is 138 Å². The predicted molar refractivity (Wildman–Crippen MR) is 95.1 cm³/mol. The lowest BCUT2D eigenvalue weighted by atomic mass is 10.1. The summed E-state index contributed by atoms with van der Waals surface area (Å²) in [5.74, 6) is 0. The number of ether oxygens (including phenoxy) is 2. The minimum atomic E-state index is 0.107. The molecule has 0 bridgehead atoms. The molecule has 2 nitrogen and oxygen atoms in total. The smallest absolute Gasteiger partial charge is 0.157 e. The monoisotopic (exact) mass is 310 g/mol. The molecule has 130 valence electrons. The summed E-state index contributed by atoms with van der Waals surface area (Å²) in [6.07, 6.45) is 23.6. The molecule has 1 aliphatic rings. The van der Waals surface area contributed by atoms with Crippen molar-refractivity contribution in [2.24, 2.45) is 0 Å². The molecule has 0 amide bonds. The standard InChI is InChI=1S/C20H38O2/c1-2-3-4-5-6-7-8-9-10-11-12-13-14-15-16-17-20-21-18-19-22-20/h5-6,20H,2-4,7-19H2,1H3/b6-5-. The number of rotatable bonds is 15. The fourth-order valence-corrected chi connectivity index (χ4v) is 2.94. The van der Waals surface area contributed by atoms with Crippen LogP contribution in [0.25, 0.3) is 0 Å². The van der Waals surface area contributed by atoms with Crippen LogP contribution in [0.3, 0.4) is 0 Å². The third-order valence-electron chi connectivity index (χ3n) is 4.39. The van der Waals surface area contributed by atoms with Gasteiger partial charge in [0.1, 0.15) is 0 Å². The largest absolute Gasteiger partial charge is 0.350 e. The van der Waals surface area contributed by atoms with Gasteiger partial charge in [0.05, 0.1) is 13.2 Å². The Bertz CT molecular complexity index is 244. The van der Waals surface area contributed by atoms with Gasteiger partial charge in [0.15, 0.2) is 6.29 Å². The summed E-state index contributed by atoms with van der Waals surface area (Å²) in [4.78, 5) is 0. The van der Waals surface area contributed by atoms with Crippen molar-refractivity contribution >= 4 is 0 Å². The lowest BCUT2D eigenvalue weighted by molar-refractivity contribution is -0.0480. The molecule has 2 heteroatoms.